The fraction of sp³-hybridized carbons (Fsp3) is 0.353. The number of aromatic nitrogens is 2. The van der Waals surface area contributed by atoms with E-state index in [0.717, 1.165) is 4.68 Å². The van der Waals surface area contributed by atoms with Gasteiger partial charge in [0.1, 0.15) is 11.5 Å². The van der Waals surface area contributed by atoms with Crippen molar-refractivity contribution >= 4 is 5.91 Å². The van der Waals surface area contributed by atoms with E-state index in [0.29, 0.717) is 12.2 Å². The second-order valence-corrected chi connectivity index (χ2v) is 6.08. The summed E-state index contributed by atoms with van der Waals surface area (Å²) < 4.78 is 14.1. The molecule has 24 heavy (non-hydrogen) atoms. The molecule has 0 aliphatic heterocycles. The van der Waals surface area contributed by atoms with Crippen LogP contribution in [-0.2, 0) is 0 Å². The average molecular weight is 333 g/mol. The largest absolute Gasteiger partial charge is 0.389 e. The van der Waals surface area contributed by atoms with E-state index in [2.05, 4.69) is 5.10 Å². The molecule has 0 bridgehead atoms. The van der Waals surface area contributed by atoms with Crippen molar-refractivity contribution in [3.05, 3.63) is 58.3 Å². The number of carbonyl (C=O) groups is 1. The molecule has 0 radical (unpaired) electrons. The van der Waals surface area contributed by atoms with Gasteiger partial charge in [-0.2, -0.15) is 9.78 Å². The summed E-state index contributed by atoms with van der Waals surface area (Å²) in [5.74, 6) is -0.822. The lowest BCUT2D eigenvalue weighted by Crippen LogP contribution is -2.42. The fourth-order valence-corrected chi connectivity index (χ4v) is 2.25. The van der Waals surface area contributed by atoms with Crippen LogP contribution in [0.4, 0.5) is 4.39 Å². The number of nitrogens with zero attached hydrogens (tertiary/aromatic N) is 3. The van der Waals surface area contributed by atoms with E-state index in [1.54, 1.807) is 20.8 Å². The van der Waals surface area contributed by atoms with Gasteiger partial charge in [0.25, 0.3) is 11.5 Å². The minimum Gasteiger partial charge on any atom is -0.389 e. The first-order valence-corrected chi connectivity index (χ1v) is 7.59. The summed E-state index contributed by atoms with van der Waals surface area (Å²) in [6.07, 6.45) is 0. The lowest BCUT2D eigenvalue weighted by atomic mass is 10.1. The Kier molecular flexibility index (Phi) is 5.14. The molecule has 0 aliphatic carbocycles. The van der Waals surface area contributed by atoms with E-state index < -0.39 is 22.9 Å². The second kappa shape index (κ2) is 6.92. The van der Waals surface area contributed by atoms with Crippen LogP contribution in [0.2, 0.25) is 0 Å². The molecule has 0 saturated carbocycles. The van der Waals surface area contributed by atoms with Crippen molar-refractivity contribution in [1.29, 1.82) is 0 Å². The summed E-state index contributed by atoms with van der Waals surface area (Å²) in [5, 5.41) is 14.0. The Morgan fingerprint density at radius 2 is 1.88 bits per heavy atom. The zero-order valence-electron chi connectivity index (χ0n) is 13.9. The minimum absolute atomic E-state index is 0.0741. The number of likely N-dealkylation sites (N-methyl/N-ethyl adjacent to an activating group) is 1. The molecule has 6 nitrogen and oxygen atoms in total. The number of halogens is 1. The predicted octanol–water partition coefficient (Wildman–Crippen LogP) is 1.60. The van der Waals surface area contributed by atoms with E-state index in [-0.39, 0.29) is 12.2 Å². The van der Waals surface area contributed by atoms with Crippen LogP contribution in [0.1, 0.15) is 31.3 Å². The molecule has 1 N–H and O–H groups in total. The van der Waals surface area contributed by atoms with Crippen LogP contribution in [0.3, 0.4) is 0 Å². The van der Waals surface area contributed by atoms with Gasteiger partial charge in [-0.15, -0.1) is 0 Å². The number of amides is 1. The summed E-state index contributed by atoms with van der Waals surface area (Å²) >= 11 is 0. The summed E-state index contributed by atoms with van der Waals surface area (Å²) in [4.78, 5) is 26.0. The van der Waals surface area contributed by atoms with Gasteiger partial charge in [-0.05, 0) is 51.1 Å². The maximum absolute atomic E-state index is 13.0. The lowest BCUT2D eigenvalue weighted by molar-refractivity contribution is 0.0310. The molecule has 7 heteroatoms. The number of hydrogen-bond donors (Lipinski definition) is 1. The molecule has 1 aromatic carbocycles. The summed E-state index contributed by atoms with van der Waals surface area (Å²) in [6, 6.07) is 7.83. The maximum atomic E-state index is 13.0. The molecule has 1 heterocycles. The Labute approximate surface area is 139 Å². The zero-order valence-corrected chi connectivity index (χ0v) is 13.9. The highest BCUT2D eigenvalue weighted by Gasteiger charge is 2.23. The Morgan fingerprint density at radius 3 is 2.42 bits per heavy atom. The maximum Gasteiger partial charge on any atom is 0.274 e. The van der Waals surface area contributed by atoms with Gasteiger partial charge in [0.2, 0.25) is 0 Å². The van der Waals surface area contributed by atoms with Crippen molar-refractivity contribution in [3.63, 3.8) is 0 Å². The molecule has 0 fully saturated rings. The van der Waals surface area contributed by atoms with Crippen LogP contribution < -0.4 is 5.56 Å². The van der Waals surface area contributed by atoms with Crippen molar-refractivity contribution in [2.45, 2.75) is 26.4 Å². The van der Waals surface area contributed by atoms with Crippen LogP contribution in [0, 0.1) is 5.82 Å². The zero-order chi connectivity index (χ0) is 17.9. The van der Waals surface area contributed by atoms with E-state index in [4.69, 9.17) is 0 Å². The third-order valence-electron chi connectivity index (χ3n) is 3.34. The molecule has 0 aliphatic rings. The third kappa shape index (κ3) is 4.26. The van der Waals surface area contributed by atoms with Crippen LogP contribution in [0.25, 0.3) is 5.69 Å². The van der Waals surface area contributed by atoms with Crippen LogP contribution >= 0.6 is 0 Å². The fourth-order valence-electron chi connectivity index (χ4n) is 2.25. The minimum atomic E-state index is -1.04. The van der Waals surface area contributed by atoms with Gasteiger partial charge in [-0.3, -0.25) is 9.59 Å². The standard InChI is InChI=1S/C17H20FN3O3/c1-4-20(11-17(2,3)24)16(23)14-9-10-15(22)21(19-14)13-7-5-12(18)6-8-13/h5-10,24H,4,11H2,1-3H3. The first-order chi connectivity index (χ1) is 11.2. The Hall–Kier alpha value is -2.54. The SMILES string of the molecule is CCN(CC(C)(C)O)C(=O)c1ccc(=O)n(-c2ccc(F)cc2)n1. The smallest absolute Gasteiger partial charge is 0.274 e. The molecule has 128 valence electrons. The van der Waals surface area contributed by atoms with Crippen molar-refractivity contribution < 1.29 is 14.3 Å². The number of carbonyl (C=O) groups excluding carboxylic acids is 1. The van der Waals surface area contributed by atoms with Crippen molar-refractivity contribution in [2.24, 2.45) is 0 Å². The van der Waals surface area contributed by atoms with Crippen molar-refractivity contribution in [1.82, 2.24) is 14.7 Å². The molecular formula is C17H20FN3O3. The highest BCUT2D eigenvalue weighted by molar-refractivity contribution is 5.92. The van der Waals surface area contributed by atoms with Gasteiger partial charge in [-0.1, -0.05) is 0 Å². The number of aliphatic hydroxyl groups is 1. The summed E-state index contributed by atoms with van der Waals surface area (Å²) in [7, 11) is 0. The van der Waals surface area contributed by atoms with Crippen LogP contribution in [0.5, 0.6) is 0 Å². The van der Waals surface area contributed by atoms with Gasteiger partial charge in [0.15, 0.2) is 0 Å². The van der Waals surface area contributed by atoms with Gasteiger partial charge in [0, 0.05) is 19.2 Å². The van der Waals surface area contributed by atoms with E-state index in [9.17, 15) is 19.1 Å². The van der Waals surface area contributed by atoms with Crippen molar-refractivity contribution in [3.8, 4) is 5.69 Å². The normalized spacial score (nSPS) is 11.4. The first kappa shape index (κ1) is 17.8. The van der Waals surface area contributed by atoms with Crippen molar-refractivity contribution in [2.75, 3.05) is 13.1 Å². The van der Waals surface area contributed by atoms with Gasteiger partial charge < -0.3 is 10.0 Å². The first-order valence-electron chi connectivity index (χ1n) is 7.59. The molecule has 2 rings (SSSR count). The number of rotatable bonds is 5. The van der Waals surface area contributed by atoms with Gasteiger partial charge in [0.05, 0.1) is 11.3 Å². The highest BCUT2D eigenvalue weighted by Crippen LogP contribution is 2.10. The topological polar surface area (TPSA) is 75.4 Å². The monoisotopic (exact) mass is 333 g/mol. The van der Waals surface area contributed by atoms with Crippen LogP contribution in [-0.4, -0.2) is 44.4 Å². The van der Waals surface area contributed by atoms with Gasteiger partial charge >= 0.3 is 0 Å². The summed E-state index contributed by atoms with van der Waals surface area (Å²) in [6.45, 7) is 5.53. The quantitative estimate of drug-likeness (QED) is 0.902. The second-order valence-electron chi connectivity index (χ2n) is 6.08. The third-order valence-corrected chi connectivity index (χ3v) is 3.34. The molecule has 0 atom stereocenters. The van der Waals surface area contributed by atoms with E-state index in [1.165, 1.54) is 41.3 Å². The van der Waals surface area contributed by atoms with Crippen LogP contribution in [0.15, 0.2) is 41.2 Å². The number of benzene rings is 1. The molecule has 2 aromatic rings. The number of hydrogen-bond acceptors (Lipinski definition) is 4. The Morgan fingerprint density at radius 1 is 1.25 bits per heavy atom. The predicted molar refractivity (Wildman–Crippen MR) is 87.7 cm³/mol. The average Bonchev–Trinajstić information content (AvgIpc) is 2.52. The Bertz CT molecular complexity index is 779. The molecule has 1 amide bonds. The molecule has 1 aromatic heterocycles. The molecule has 0 spiro atoms. The highest BCUT2D eigenvalue weighted by atomic mass is 19.1. The van der Waals surface area contributed by atoms with E-state index in [1.807, 2.05) is 0 Å². The summed E-state index contributed by atoms with van der Waals surface area (Å²) in [5.41, 5.74) is -1.04. The molecule has 0 saturated heterocycles. The Balaban J connectivity index is 2.38. The van der Waals surface area contributed by atoms with Gasteiger partial charge in [-0.25, -0.2) is 4.39 Å². The molecular weight excluding hydrogens is 313 g/mol. The van der Waals surface area contributed by atoms with E-state index >= 15 is 0 Å². The lowest BCUT2D eigenvalue weighted by Gasteiger charge is -2.27. The molecule has 0 unspecified atom stereocenters.